The smallest absolute Gasteiger partial charge is 0.378 e. The van der Waals surface area contributed by atoms with E-state index in [1.165, 1.54) is 0 Å². The first-order chi connectivity index (χ1) is 11.8. The third kappa shape index (κ3) is 4.66. The van der Waals surface area contributed by atoms with E-state index in [0.717, 1.165) is 12.5 Å². The molecule has 2 rings (SSSR count). The number of hydrogen-bond acceptors (Lipinski definition) is 3. The van der Waals surface area contributed by atoms with Crippen molar-refractivity contribution >= 4 is 11.6 Å². The zero-order valence-corrected chi connectivity index (χ0v) is 14.7. The van der Waals surface area contributed by atoms with Gasteiger partial charge in [0, 0.05) is 18.8 Å². The zero-order chi connectivity index (χ0) is 18.6. The lowest BCUT2D eigenvalue weighted by molar-refractivity contribution is -0.138. The second-order valence-electron chi connectivity index (χ2n) is 6.42. The van der Waals surface area contributed by atoms with E-state index >= 15 is 0 Å². The van der Waals surface area contributed by atoms with Crippen molar-refractivity contribution in [2.45, 2.75) is 45.2 Å². The number of primary amides is 1. The third-order valence-corrected chi connectivity index (χ3v) is 4.59. The van der Waals surface area contributed by atoms with E-state index in [0.29, 0.717) is 50.4 Å². The van der Waals surface area contributed by atoms with Crippen LogP contribution >= 0.6 is 0 Å². The highest BCUT2D eigenvalue weighted by Gasteiger charge is 2.38. The van der Waals surface area contributed by atoms with E-state index in [1.807, 2.05) is 11.8 Å². The van der Waals surface area contributed by atoms with Gasteiger partial charge in [-0.1, -0.05) is 19.8 Å². The van der Waals surface area contributed by atoms with Gasteiger partial charge in [-0.25, -0.2) is 0 Å². The Kier molecular flexibility index (Phi) is 6.32. The summed E-state index contributed by atoms with van der Waals surface area (Å²) in [6.45, 7) is 5.62. The Morgan fingerprint density at radius 2 is 1.96 bits per heavy atom. The van der Waals surface area contributed by atoms with E-state index in [-0.39, 0.29) is 5.56 Å². The molecule has 7 heteroatoms. The van der Waals surface area contributed by atoms with Crippen LogP contribution in [0.15, 0.2) is 12.1 Å². The fourth-order valence-electron chi connectivity index (χ4n) is 3.32. The minimum atomic E-state index is -4.54. The molecule has 25 heavy (non-hydrogen) atoms. The van der Waals surface area contributed by atoms with Crippen molar-refractivity contribution in [2.24, 2.45) is 5.73 Å². The maximum absolute atomic E-state index is 13.7. The Morgan fingerprint density at radius 1 is 1.32 bits per heavy atom. The Morgan fingerprint density at radius 3 is 2.48 bits per heavy atom. The molecule has 0 radical (unpaired) electrons. The largest absolute Gasteiger partial charge is 0.416 e. The Balaban J connectivity index is 2.52. The van der Waals surface area contributed by atoms with Crippen molar-refractivity contribution in [2.75, 3.05) is 31.2 Å². The third-order valence-electron chi connectivity index (χ3n) is 4.59. The fourth-order valence-corrected chi connectivity index (χ4v) is 3.32. The SMILES string of the molecule is CCCCC(C(N)=O)c1c(C)cc(N2CCOCC2)cc1C(F)(F)F. The molecule has 1 unspecified atom stereocenters. The maximum atomic E-state index is 13.7. The van der Waals surface area contributed by atoms with E-state index in [1.54, 1.807) is 13.0 Å². The summed E-state index contributed by atoms with van der Waals surface area (Å²) in [5, 5.41) is 0. The Labute approximate surface area is 146 Å². The molecular weight excluding hydrogens is 333 g/mol. The normalized spacial score (nSPS) is 16.8. The second-order valence-corrected chi connectivity index (χ2v) is 6.42. The van der Waals surface area contributed by atoms with Crippen LogP contribution in [0.3, 0.4) is 0 Å². The number of hydrogen-bond donors (Lipinski definition) is 1. The molecule has 1 aliphatic rings. The van der Waals surface area contributed by atoms with Gasteiger partial charge in [-0.05, 0) is 36.6 Å². The first-order valence-electron chi connectivity index (χ1n) is 8.59. The van der Waals surface area contributed by atoms with Crippen molar-refractivity contribution in [1.82, 2.24) is 0 Å². The molecule has 0 spiro atoms. The Bertz CT molecular complexity index is 611. The van der Waals surface area contributed by atoms with E-state index in [9.17, 15) is 18.0 Å². The topological polar surface area (TPSA) is 55.6 Å². The van der Waals surface area contributed by atoms with Gasteiger partial charge in [0.2, 0.25) is 5.91 Å². The van der Waals surface area contributed by atoms with Gasteiger partial charge in [-0.3, -0.25) is 4.79 Å². The summed E-state index contributed by atoms with van der Waals surface area (Å²) in [4.78, 5) is 13.7. The molecule has 1 atom stereocenters. The number of unbranched alkanes of at least 4 members (excludes halogenated alkanes) is 1. The van der Waals surface area contributed by atoms with Gasteiger partial charge < -0.3 is 15.4 Å². The molecule has 0 saturated carbocycles. The predicted molar refractivity (Wildman–Crippen MR) is 90.7 cm³/mol. The number of carbonyl (C=O) groups is 1. The van der Waals surface area contributed by atoms with Gasteiger partial charge in [0.1, 0.15) is 0 Å². The van der Waals surface area contributed by atoms with Crippen LogP contribution in [-0.4, -0.2) is 32.2 Å². The molecular formula is C18H25F3N2O2. The quantitative estimate of drug-likeness (QED) is 0.845. The number of ether oxygens (including phenoxy) is 1. The van der Waals surface area contributed by atoms with Crippen LogP contribution in [0.5, 0.6) is 0 Å². The van der Waals surface area contributed by atoms with Crippen molar-refractivity contribution in [3.05, 3.63) is 28.8 Å². The lowest BCUT2D eigenvalue weighted by Gasteiger charge is -2.31. The highest BCUT2D eigenvalue weighted by atomic mass is 19.4. The van der Waals surface area contributed by atoms with Gasteiger partial charge in [0.25, 0.3) is 0 Å². The van der Waals surface area contributed by atoms with Crippen LogP contribution in [0.4, 0.5) is 18.9 Å². The maximum Gasteiger partial charge on any atom is 0.416 e. The number of halogens is 3. The van der Waals surface area contributed by atoms with Gasteiger partial charge in [-0.2, -0.15) is 13.2 Å². The molecule has 140 valence electrons. The number of nitrogens with two attached hydrogens (primary N) is 1. The number of aryl methyl sites for hydroxylation is 1. The first kappa shape index (κ1) is 19.6. The summed E-state index contributed by atoms with van der Waals surface area (Å²) in [6, 6.07) is 2.87. The molecule has 1 fully saturated rings. The first-order valence-corrected chi connectivity index (χ1v) is 8.59. The molecule has 2 N–H and O–H groups in total. The summed E-state index contributed by atoms with van der Waals surface area (Å²) in [7, 11) is 0. The van der Waals surface area contributed by atoms with Crippen molar-refractivity contribution in [1.29, 1.82) is 0 Å². The number of alkyl halides is 3. The minimum absolute atomic E-state index is 0.0189. The second kappa shape index (κ2) is 8.08. The van der Waals surface area contributed by atoms with Crippen LogP contribution < -0.4 is 10.6 Å². The predicted octanol–water partition coefficient (Wildman–Crippen LogP) is 3.61. The van der Waals surface area contributed by atoms with Crippen molar-refractivity contribution in [3.63, 3.8) is 0 Å². The standard InChI is InChI=1S/C18H25F3N2O2/c1-3-4-5-14(17(22)24)16-12(2)10-13(11-15(16)18(19,20)21)23-6-8-25-9-7-23/h10-11,14H,3-9H2,1-2H3,(H2,22,24). The van der Waals surface area contributed by atoms with Crippen molar-refractivity contribution in [3.8, 4) is 0 Å². The minimum Gasteiger partial charge on any atom is -0.378 e. The summed E-state index contributed by atoms with van der Waals surface area (Å²) in [5.74, 6) is -1.63. The van der Waals surface area contributed by atoms with Crippen LogP contribution in [0.25, 0.3) is 0 Å². The number of rotatable bonds is 6. The molecule has 1 aliphatic heterocycles. The fraction of sp³-hybridized carbons (Fsp3) is 0.611. The van der Waals surface area contributed by atoms with Gasteiger partial charge >= 0.3 is 6.18 Å². The zero-order valence-electron chi connectivity index (χ0n) is 14.7. The average Bonchev–Trinajstić information content (AvgIpc) is 2.55. The summed E-state index contributed by atoms with van der Waals surface area (Å²) in [5.41, 5.74) is 5.67. The van der Waals surface area contributed by atoms with Crippen LogP contribution in [0.1, 0.15) is 48.8 Å². The van der Waals surface area contributed by atoms with Crippen LogP contribution in [-0.2, 0) is 15.7 Å². The molecule has 0 aliphatic carbocycles. The van der Waals surface area contributed by atoms with E-state index in [4.69, 9.17) is 10.5 Å². The summed E-state index contributed by atoms with van der Waals surface area (Å²) in [6.07, 6.45) is -2.78. The van der Waals surface area contributed by atoms with Crippen LogP contribution in [0, 0.1) is 6.92 Å². The number of benzene rings is 1. The number of carbonyl (C=O) groups excluding carboxylic acids is 1. The number of morpholine rings is 1. The monoisotopic (exact) mass is 358 g/mol. The average molecular weight is 358 g/mol. The molecule has 1 aromatic rings. The van der Waals surface area contributed by atoms with Crippen LogP contribution in [0.2, 0.25) is 0 Å². The highest BCUT2D eigenvalue weighted by molar-refractivity contribution is 5.83. The highest BCUT2D eigenvalue weighted by Crippen LogP contribution is 2.41. The lowest BCUT2D eigenvalue weighted by Crippen LogP contribution is -2.36. The molecule has 1 saturated heterocycles. The van der Waals surface area contributed by atoms with E-state index in [2.05, 4.69) is 0 Å². The Hall–Kier alpha value is -1.76. The molecule has 0 aromatic heterocycles. The summed E-state index contributed by atoms with van der Waals surface area (Å²) >= 11 is 0. The van der Waals surface area contributed by atoms with Gasteiger partial charge in [0.15, 0.2) is 0 Å². The number of amides is 1. The number of nitrogens with zero attached hydrogens (tertiary/aromatic N) is 1. The summed E-state index contributed by atoms with van der Waals surface area (Å²) < 4.78 is 46.4. The molecule has 1 amide bonds. The number of anilines is 1. The molecule has 4 nitrogen and oxygen atoms in total. The van der Waals surface area contributed by atoms with Gasteiger partial charge in [-0.15, -0.1) is 0 Å². The molecule has 1 heterocycles. The lowest BCUT2D eigenvalue weighted by atomic mass is 9.85. The molecule has 0 bridgehead atoms. The van der Waals surface area contributed by atoms with E-state index < -0.39 is 23.6 Å². The molecule has 1 aromatic carbocycles. The van der Waals surface area contributed by atoms with Crippen molar-refractivity contribution < 1.29 is 22.7 Å². The van der Waals surface area contributed by atoms with Gasteiger partial charge in [0.05, 0.1) is 24.7 Å².